The first-order valence-electron chi connectivity index (χ1n) is 18.7. The molecule has 7 rings (SSSR count). The van der Waals surface area contributed by atoms with E-state index >= 15 is 0 Å². The Morgan fingerprint density at radius 1 is 0.509 bits per heavy atom. The van der Waals surface area contributed by atoms with Gasteiger partial charge in [0.15, 0.2) is 6.04 Å². The normalized spacial score (nSPS) is 19.4. The van der Waals surface area contributed by atoms with Crippen LogP contribution in [0.3, 0.4) is 0 Å². The molecular formula is C45H43N5O7. The molecule has 2 aliphatic rings. The number of carbonyl (C=O) groups is 6. The Morgan fingerprint density at radius 2 is 0.982 bits per heavy atom. The van der Waals surface area contributed by atoms with Crippen LogP contribution in [0.2, 0.25) is 0 Å². The molecule has 12 nitrogen and oxygen atoms in total. The fourth-order valence-electron chi connectivity index (χ4n) is 6.60. The number of fused-ring (bicyclic) bond motifs is 16. The molecule has 0 radical (unpaired) electrons. The zero-order valence-corrected chi connectivity index (χ0v) is 31.0. The molecule has 57 heavy (non-hydrogen) atoms. The third-order valence-corrected chi connectivity index (χ3v) is 9.71. The Morgan fingerprint density at radius 3 is 1.56 bits per heavy atom. The second-order valence-electron chi connectivity index (χ2n) is 13.8. The molecule has 0 aliphatic carbocycles. The van der Waals surface area contributed by atoms with Crippen molar-refractivity contribution in [1.29, 1.82) is 0 Å². The molecule has 0 fully saturated rings. The summed E-state index contributed by atoms with van der Waals surface area (Å²) in [5.74, 6) is -4.71. The van der Waals surface area contributed by atoms with Crippen LogP contribution in [0.1, 0.15) is 45.1 Å². The molecule has 12 heteroatoms. The molecule has 290 valence electrons. The average molecular weight is 766 g/mol. The Kier molecular flexibility index (Phi) is 13.2. The molecule has 0 saturated heterocycles. The van der Waals surface area contributed by atoms with Gasteiger partial charge in [0.2, 0.25) is 23.6 Å². The minimum absolute atomic E-state index is 0.00601. The van der Waals surface area contributed by atoms with E-state index in [0.29, 0.717) is 17.5 Å². The van der Waals surface area contributed by atoms with Gasteiger partial charge < -0.3 is 31.7 Å². The summed E-state index contributed by atoms with van der Waals surface area (Å²) >= 11 is 0. The van der Waals surface area contributed by atoms with Gasteiger partial charge in [-0.05, 0) is 58.4 Å². The van der Waals surface area contributed by atoms with Crippen molar-refractivity contribution in [3.63, 3.8) is 0 Å². The van der Waals surface area contributed by atoms with Crippen LogP contribution >= 0.6 is 0 Å². The highest BCUT2D eigenvalue weighted by Crippen LogP contribution is 2.21. The first-order chi connectivity index (χ1) is 27.6. The number of rotatable bonds is 9. The fraction of sp³-hybridized carbons (Fsp3) is 0.200. The lowest BCUT2D eigenvalue weighted by Crippen LogP contribution is -2.58. The minimum atomic E-state index is -1.53. The van der Waals surface area contributed by atoms with Gasteiger partial charge in [0.25, 0.3) is 5.91 Å². The van der Waals surface area contributed by atoms with E-state index in [1.54, 1.807) is 30.3 Å². The van der Waals surface area contributed by atoms with Gasteiger partial charge in [-0.25, -0.2) is 4.79 Å². The number of nitrogens with one attached hydrogen (secondary N) is 5. The van der Waals surface area contributed by atoms with Crippen LogP contribution in [0.15, 0.2) is 140 Å². The highest BCUT2D eigenvalue weighted by Gasteiger charge is 2.32. The maximum atomic E-state index is 14.4. The Balaban J connectivity index is 1.35. The molecule has 1 unspecified atom stereocenters. The SMILES string of the molecule is O=C1CNC(=O)c2ccc(cc2)C(C(=O)O)NC(=O)[C@@H](Cc2ccccc2)NC(=O)[C@H](Cc2ccc(-c3ccccc3)cc2)NC(=O)[C@@H](CCc2ccccc2)N1. The highest BCUT2D eigenvalue weighted by atomic mass is 16.4. The van der Waals surface area contributed by atoms with Crippen molar-refractivity contribution in [2.24, 2.45) is 0 Å². The largest absolute Gasteiger partial charge is 0.479 e. The third-order valence-electron chi connectivity index (χ3n) is 9.71. The second kappa shape index (κ2) is 19.0. The van der Waals surface area contributed by atoms with Crippen molar-refractivity contribution in [2.45, 2.75) is 49.9 Å². The van der Waals surface area contributed by atoms with E-state index < -0.39 is 66.2 Å². The van der Waals surface area contributed by atoms with Gasteiger partial charge in [-0.2, -0.15) is 0 Å². The van der Waals surface area contributed by atoms with E-state index in [1.165, 1.54) is 24.3 Å². The van der Waals surface area contributed by atoms with Crippen molar-refractivity contribution < 1.29 is 33.9 Å². The summed E-state index contributed by atoms with van der Waals surface area (Å²) in [6.07, 6.45) is 0.615. The summed E-state index contributed by atoms with van der Waals surface area (Å²) in [7, 11) is 0. The van der Waals surface area contributed by atoms with Gasteiger partial charge in [0, 0.05) is 18.4 Å². The molecule has 2 bridgehead atoms. The first kappa shape index (κ1) is 39.6. The highest BCUT2D eigenvalue weighted by molar-refractivity contribution is 5.98. The van der Waals surface area contributed by atoms with Crippen molar-refractivity contribution in [3.05, 3.63) is 167 Å². The van der Waals surface area contributed by atoms with Gasteiger partial charge in [0.05, 0.1) is 6.54 Å². The van der Waals surface area contributed by atoms with Crippen LogP contribution in [0, 0.1) is 0 Å². The molecule has 0 aromatic heterocycles. The predicted octanol–water partition coefficient (Wildman–Crippen LogP) is 3.91. The Labute approximate surface area is 330 Å². The van der Waals surface area contributed by atoms with E-state index in [4.69, 9.17) is 0 Å². The standard InChI is InChI=1S/C45H43N5O7/c51-39-28-46-41(52)35-23-21-34(22-24-35)40(45(56)57)50-44(55)38(26-30-12-6-2-7-13-30)49-43(54)37(27-31-16-19-33(20-17-31)32-14-8-3-9-15-32)48-42(53)36(47-39)25-18-29-10-4-1-5-11-29/h1-17,19-24,36-38,40H,18,25-28H2,(H,46,52)(H,47,51)(H,48,53)(H,49,54)(H,50,55)(H,56,57)/t36-,37+,38-,40?/m1/s1. The van der Waals surface area contributed by atoms with Crippen LogP contribution < -0.4 is 26.6 Å². The Bertz CT molecular complexity index is 2180. The van der Waals surface area contributed by atoms with Crippen LogP contribution in [0.25, 0.3) is 11.1 Å². The third kappa shape index (κ3) is 11.0. The summed E-state index contributed by atoms with van der Waals surface area (Å²) in [6.45, 7) is -0.456. The molecule has 4 atom stereocenters. The smallest absolute Gasteiger partial charge is 0.330 e. The summed E-state index contributed by atoms with van der Waals surface area (Å²) in [5, 5.41) is 23.6. The molecule has 0 spiro atoms. The maximum Gasteiger partial charge on any atom is 0.330 e. The quantitative estimate of drug-likeness (QED) is 0.123. The lowest BCUT2D eigenvalue weighted by atomic mass is 9.98. The predicted molar refractivity (Wildman–Crippen MR) is 214 cm³/mol. The Hall–Kier alpha value is -7.08. The van der Waals surface area contributed by atoms with Crippen molar-refractivity contribution in [2.75, 3.05) is 6.54 Å². The van der Waals surface area contributed by atoms with E-state index in [0.717, 1.165) is 16.7 Å². The molecule has 6 N–H and O–H groups in total. The number of carboxylic acid groups (broad SMARTS) is 1. The minimum Gasteiger partial charge on any atom is -0.479 e. The van der Waals surface area contributed by atoms with Gasteiger partial charge >= 0.3 is 5.97 Å². The molecule has 5 aromatic rings. The zero-order chi connectivity index (χ0) is 40.1. The van der Waals surface area contributed by atoms with Crippen molar-refractivity contribution >= 4 is 35.5 Å². The molecule has 2 aliphatic heterocycles. The monoisotopic (exact) mass is 765 g/mol. The second-order valence-corrected chi connectivity index (χ2v) is 13.8. The average Bonchev–Trinajstić information content (AvgIpc) is 3.23. The van der Waals surface area contributed by atoms with Gasteiger partial charge in [-0.1, -0.05) is 127 Å². The molecular weight excluding hydrogens is 723 g/mol. The summed E-state index contributed by atoms with van der Waals surface area (Å²) < 4.78 is 0. The molecule has 5 amide bonds. The van der Waals surface area contributed by atoms with Crippen molar-refractivity contribution in [3.8, 4) is 11.1 Å². The van der Waals surface area contributed by atoms with Crippen LogP contribution in [-0.4, -0.2) is 65.3 Å². The lowest BCUT2D eigenvalue weighted by Gasteiger charge is -2.26. The maximum absolute atomic E-state index is 14.4. The lowest BCUT2D eigenvalue weighted by molar-refractivity contribution is -0.142. The summed E-state index contributed by atoms with van der Waals surface area (Å²) in [6, 6.07) is 36.0. The van der Waals surface area contributed by atoms with E-state index in [2.05, 4.69) is 26.6 Å². The summed E-state index contributed by atoms with van der Waals surface area (Å²) in [5.41, 5.74) is 4.60. The number of aryl methyl sites for hydroxylation is 1. The molecule has 5 aromatic carbocycles. The van der Waals surface area contributed by atoms with Crippen molar-refractivity contribution in [1.82, 2.24) is 26.6 Å². The van der Waals surface area contributed by atoms with Crippen LogP contribution in [-0.2, 0) is 43.2 Å². The topological polar surface area (TPSA) is 183 Å². The zero-order valence-electron chi connectivity index (χ0n) is 31.0. The van der Waals surface area contributed by atoms with Crippen LogP contribution in [0.4, 0.5) is 0 Å². The van der Waals surface area contributed by atoms with E-state index in [-0.39, 0.29) is 30.4 Å². The summed E-state index contributed by atoms with van der Waals surface area (Å²) in [4.78, 5) is 81.3. The number of aliphatic carboxylic acids is 1. The number of hydrogen-bond acceptors (Lipinski definition) is 6. The van der Waals surface area contributed by atoms with E-state index in [1.807, 2.05) is 84.9 Å². The van der Waals surface area contributed by atoms with Crippen LogP contribution in [0.5, 0.6) is 0 Å². The number of carbonyl (C=O) groups excluding carboxylic acids is 5. The molecule has 2 heterocycles. The number of hydrogen-bond donors (Lipinski definition) is 6. The number of benzene rings is 5. The van der Waals surface area contributed by atoms with Gasteiger partial charge in [0.1, 0.15) is 18.1 Å². The number of carboxylic acids is 1. The van der Waals surface area contributed by atoms with E-state index in [9.17, 15) is 33.9 Å². The number of amides is 5. The van der Waals surface area contributed by atoms with Gasteiger partial charge in [-0.15, -0.1) is 0 Å². The fourth-order valence-corrected chi connectivity index (χ4v) is 6.60. The molecule has 0 saturated carbocycles. The first-order valence-corrected chi connectivity index (χ1v) is 18.7. The van der Waals surface area contributed by atoms with Gasteiger partial charge in [-0.3, -0.25) is 24.0 Å².